The Morgan fingerprint density at radius 3 is 2.19 bits per heavy atom. The third kappa shape index (κ3) is 3.23. The van der Waals surface area contributed by atoms with Crippen LogP contribution in [0.3, 0.4) is 0 Å². The Balaban J connectivity index is 2.79. The van der Waals surface area contributed by atoms with Crippen LogP contribution in [0.25, 0.3) is 0 Å². The lowest BCUT2D eigenvalue weighted by Gasteiger charge is -2.23. The second-order valence-corrected chi connectivity index (χ2v) is 4.49. The van der Waals surface area contributed by atoms with Crippen molar-refractivity contribution < 1.29 is 13.2 Å². The Labute approximate surface area is 93.7 Å². The number of benzene rings is 1. The molecule has 0 amide bonds. The fourth-order valence-electron chi connectivity index (χ4n) is 1.33. The highest BCUT2D eigenvalue weighted by atomic mass is 19.2. The van der Waals surface area contributed by atoms with Gasteiger partial charge in [0.25, 0.3) is 0 Å². The summed E-state index contributed by atoms with van der Waals surface area (Å²) < 4.78 is 38.9. The van der Waals surface area contributed by atoms with Gasteiger partial charge < -0.3 is 5.32 Å². The summed E-state index contributed by atoms with van der Waals surface area (Å²) in [7, 11) is 1.81. The molecule has 0 bridgehead atoms. The summed E-state index contributed by atoms with van der Waals surface area (Å²) in [5.74, 6) is -2.83. The van der Waals surface area contributed by atoms with Gasteiger partial charge in [0.1, 0.15) is 5.82 Å². The number of halogens is 3. The molecule has 0 spiro atoms. The molecule has 90 valence electrons. The molecule has 0 aliphatic carbocycles. The Hall–Kier alpha value is -1.03. The minimum atomic E-state index is -1.14. The van der Waals surface area contributed by atoms with Crippen molar-refractivity contribution in [2.45, 2.75) is 32.2 Å². The van der Waals surface area contributed by atoms with Crippen molar-refractivity contribution >= 4 is 0 Å². The summed E-state index contributed by atoms with van der Waals surface area (Å²) in [6.07, 6.45) is 1.02. The smallest absolute Gasteiger partial charge is 0.161 e. The molecule has 0 unspecified atom stereocenters. The SMILES string of the molecule is CNC(C)(C)CCc1cc(F)c(F)cc1F. The molecule has 0 aliphatic heterocycles. The second kappa shape index (κ2) is 4.87. The van der Waals surface area contributed by atoms with E-state index in [0.717, 1.165) is 6.07 Å². The van der Waals surface area contributed by atoms with E-state index in [4.69, 9.17) is 0 Å². The Morgan fingerprint density at radius 2 is 1.62 bits per heavy atom. The van der Waals surface area contributed by atoms with E-state index < -0.39 is 17.5 Å². The summed E-state index contributed by atoms with van der Waals surface area (Å²) in [6, 6.07) is 1.52. The molecule has 0 heterocycles. The van der Waals surface area contributed by atoms with Gasteiger partial charge in [0, 0.05) is 11.6 Å². The molecule has 16 heavy (non-hydrogen) atoms. The van der Waals surface area contributed by atoms with Gasteiger partial charge >= 0.3 is 0 Å². The average Bonchev–Trinajstić information content (AvgIpc) is 2.22. The first-order valence-corrected chi connectivity index (χ1v) is 5.18. The monoisotopic (exact) mass is 231 g/mol. The van der Waals surface area contributed by atoms with Crippen LogP contribution >= 0.6 is 0 Å². The maximum absolute atomic E-state index is 13.3. The topological polar surface area (TPSA) is 12.0 Å². The van der Waals surface area contributed by atoms with E-state index in [1.165, 1.54) is 0 Å². The van der Waals surface area contributed by atoms with E-state index in [0.29, 0.717) is 18.9 Å². The van der Waals surface area contributed by atoms with E-state index in [1.807, 2.05) is 20.9 Å². The van der Waals surface area contributed by atoms with Gasteiger partial charge in [0.15, 0.2) is 11.6 Å². The van der Waals surface area contributed by atoms with Crippen molar-refractivity contribution in [3.8, 4) is 0 Å². The Morgan fingerprint density at radius 1 is 1.06 bits per heavy atom. The molecule has 0 radical (unpaired) electrons. The molecule has 0 saturated carbocycles. The van der Waals surface area contributed by atoms with Crippen LogP contribution in [0, 0.1) is 17.5 Å². The van der Waals surface area contributed by atoms with Gasteiger partial charge in [0.2, 0.25) is 0 Å². The van der Waals surface area contributed by atoms with Gasteiger partial charge in [-0.1, -0.05) is 0 Å². The molecule has 1 rings (SSSR count). The van der Waals surface area contributed by atoms with Gasteiger partial charge in [-0.15, -0.1) is 0 Å². The summed E-state index contributed by atoms with van der Waals surface area (Å²) >= 11 is 0. The average molecular weight is 231 g/mol. The van der Waals surface area contributed by atoms with Gasteiger partial charge in [-0.3, -0.25) is 0 Å². The zero-order valence-electron chi connectivity index (χ0n) is 9.70. The van der Waals surface area contributed by atoms with Crippen LogP contribution in [0.15, 0.2) is 12.1 Å². The van der Waals surface area contributed by atoms with Crippen molar-refractivity contribution in [3.63, 3.8) is 0 Å². The number of aryl methyl sites for hydroxylation is 1. The normalized spacial score (nSPS) is 11.9. The highest BCUT2D eigenvalue weighted by molar-refractivity contribution is 5.20. The van der Waals surface area contributed by atoms with Crippen molar-refractivity contribution in [2.75, 3.05) is 7.05 Å². The van der Waals surface area contributed by atoms with Gasteiger partial charge in [0.05, 0.1) is 0 Å². The first-order chi connectivity index (χ1) is 7.35. The molecule has 1 nitrogen and oxygen atoms in total. The third-order valence-corrected chi connectivity index (χ3v) is 2.79. The van der Waals surface area contributed by atoms with Crippen LogP contribution in [0.2, 0.25) is 0 Å². The molecule has 1 N–H and O–H groups in total. The van der Waals surface area contributed by atoms with Gasteiger partial charge in [-0.2, -0.15) is 0 Å². The quantitative estimate of drug-likeness (QED) is 0.785. The van der Waals surface area contributed by atoms with Crippen molar-refractivity contribution in [1.82, 2.24) is 5.32 Å². The maximum atomic E-state index is 13.3. The molecule has 0 atom stereocenters. The molecule has 0 aliphatic rings. The van der Waals surface area contributed by atoms with E-state index in [9.17, 15) is 13.2 Å². The maximum Gasteiger partial charge on any atom is 0.161 e. The molecule has 0 fully saturated rings. The van der Waals surface area contributed by atoms with E-state index in [2.05, 4.69) is 5.32 Å². The molecular weight excluding hydrogens is 215 g/mol. The first-order valence-electron chi connectivity index (χ1n) is 5.18. The third-order valence-electron chi connectivity index (χ3n) is 2.79. The van der Waals surface area contributed by atoms with Crippen LogP contribution in [0.4, 0.5) is 13.2 Å². The molecule has 1 aromatic carbocycles. The summed E-state index contributed by atoms with van der Waals surface area (Å²) in [5, 5.41) is 3.07. The second-order valence-electron chi connectivity index (χ2n) is 4.49. The number of hydrogen-bond acceptors (Lipinski definition) is 1. The summed E-state index contributed by atoms with van der Waals surface area (Å²) in [4.78, 5) is 0. The predicted octanol–water partition coefficient (Wildman–Crippen LogP) is 3.03. The highest BCUT2D eigenvalue weighted by Gasteiger charge is 2.16. The lowest BCUT2D eigenvalue weighted by Crippen LogP contribution is -2.36. The van der Waals surface area contributed by atoms with Crippen LogP contribution in [0.5, 0.6) is 0 Å². The predicted molar refractivity (Wildman–Crippen MR) is 57.8 cm³/mol. The molecule has 0 saturated heterocycles. The van der Waals surface area contributed by atoms with E-state index >= 15 is 0 Å². The fraction of sp³-hybridized carbons (Fsp3) is 0.500. The lowest BCUT2D eigenvalue weighted by atomic mass is 9.95. The Kier molecular flexibility index (Phi) is 3.97. The molecular formula is C12H16F3N. The fourth-order valence-corrected chi connectivity index (χ4v) is 1.33. The van der Waals surface area contributed by atoms with E-state index in [1.54, 1.807) is 0 Å². The van der Waals surface area contributed by atoms with Crippen LogP contribution in [0.1, 0.15) is 25.8 Å². The zero-order valence-corrected chi connectivity index (χ0v) is 9.70. The number of rotatable bonds is 4. The van der Waals surface area contributed by atoms with Gasteiger partial charge in [-0.05, 0) is 45.4 Å². The minimum absolute atomic E-state index is 0.155. The summed E-state index contributed by atoms with van der Waals surface area (Å²) in [6.45, 7) is 3.93. The molecule has 1 aromatic rings. The number of hydrogen-bond donors (Lipinski definition) is 1. The standard InChI is InChI=1S/C12H16F3N/c1-12(2,16-3)5-4-8-6-10(14)11(15)7-9(8)13/h6-7,16H,4-5H2,1-3H3. The Bertz CT molecular complexity index is 375. The van der Waals surface area contributed by atoms with Crippen molar-refractivity contribution in [3.05, 3.63) is 35.1 Å². The van der Waals surface area contributed by atoms with Crippen molar-refractivity contribution in [2.24, 2.45) is 0 Å². The highest BCUT2D eigenvalue weighted by Crippen LogP contribution is 2.18. The zero-order chi connectivity index (χ0) is 12.3. The minimum Gasteiger partial charge on any atom is -0.315 e. The van der Waals surface area contributed by atoms with Crippen LogP contribution in [-0.2, 0) is 6.42 Å². The largest absolute Gasteiger partial charge is 0.315 e. The van der Waals surface area contributed by atoms with E-state index in [-0.39, 0.29) is 11.1 Å². The van der Waals surface area contributed by atoms with Crippen LogP contribution in [-0.4, -0.2) is 12.6 Å². The van der Waals surface area contributed by atoms with Gasteiger partial charge in [-0.25, -0.2) is 13.2 Å². The van der Waals surface area contributed by atoms with Crippen molar-refractivity contribution in [1.29, 1.82) is 0 Å². The number of nitrogens with one attached hydrogen (secondary N) is 1. The van der Waals surface area contributed by atoms with Crippen LogP contribution < -0.4 is 5.32 Å². The lowest BCUT2D eigenvalue weighted by molar-refractivity contribution is 0.389. The first kappa shape index (κ1) is 13.0. The molecule has 4 heteroatoms. The summed E-state index contributed by atoms with van der Waals surface area (Å²) in [5.41, 5.74) is 0.0549. The molecule has 0 aromatic heterocycles.